The molecule has 1 aromatic carbocycles. The van der Waals surface area contributed by atoms with Gasteiger partial charge in [0.05, 0.1) is 29.6 Å². The van der Waals surface area contributed by atoms with Crippen LogP contribution in [0.15, 0.2) is 24.0 Å². The molecule has 3 nitrogen and oxygen atoms in total. The molecule has 2 heterocycles. The summed E-state index contributed by atoms with van der Waals surface area (Å²) in [6, 6.07) is 4.34. The van der Waals surface area contributed by atoms with Crippen LogP contribution < -0.4 is 0 Å². The molecule has 2 aliphatic heterocycles. The minimum absolute atomic E-state index is 0.0553. The number of aliphatic hydroxyl groups is 1. The van der Waals surface area contributed by atoms with Crippen LogP contribution in [0, 0.1) is 24.6 Å². The third-order valence-corrected chi connectivity index (χ3v) is 4.86. The van der Waals surface area contributed by atoms with Crippen molar-refractivity contribution in [3.8, 4) is 0 Å². The maximum absolute atomic E-state index is 13.5. The summed E-state index contributed by atoms with van der Waals surface area (Å²) in [4.78, 5) is 12.6. The first-order valence-corrected chi connectivity index (χ1v) is 6.97. The van der Waals surface area contributed by atoms with Crippen molar-refractivity contribution in [1.82, 2.24) is 0 Å². The van der Waals surface area contributed by atoms with E-state index in [4.69, 9.17) is 4.74 Å². The van der Waals surface area contributed by atoms with Crippen LogP contribution in [0.5, 0.6) is 0 Å². The van der Waals surface area contributed by atoms with Crippen molar-refractivity contribution in [3.05, 3.63) is 40.9 Å². The molecule has 0 aromatic heterocycles. The standard InChI is InChI=1S/C16H15FO3/c1-7-2-3-8(17)6-9(7)12-15(18)13-10-4-5-11(20-10)14(13)16(12)19/h2-3,6,10-11,13-14,18H,4-5H2,1H3/t10?,11?,13-,14+/m1/s1. The number of aryl methyl sites for hydroxylation is 1. The van der Waals surface area contributed by atoms with E-state index in [0.29, 0.717) is 11.1 Å². The topological polar surface area (TPSA) is 46.5 Å². The lowest BCUT2D eigenvalue weighted by Crippen LogP contribution is -2.29. The molecule has 4 rings (SSSR count). The van der Waals surface area contributed by atoms with Crippen LogP contribution in [-0.4, -0.2) is 23.1 Å². The third kappa shape index (κ3) is 1.40. The van der Waals surface area contributed by atoms with E-state index in [-0.39, 0.29) is 35.6 Å². The number of fused-ring (bicyclic) bond motifs is 5. The van der Waals surface area contributed by atoms with Crippen molar-refractivity contribution in [2.45, 2.75) is 32.0 Å². The number of Topliss-reactive ketones (excluding diaryl/α,β-unsaturated/α-hetero) is 1. The summed E-state index contributed by atoms with van der Waals surface area (Å²) in [5.74, 6) is -0.880. The molecule has 20 heavy (non-hydrogen) atoms. The van der Waals surface area contributed by atoms with Crippen LogP contribution in [0.3, 0.4) is 0 Å². The van der Waals surface area contributed by atoms with E-state index in [0.717, 1.165) is 18.4 Å². The molecular weight excluding hydrogens is 259 g/mol. The largest absolute Gasteiger partial charge is 0.511 e. The Morgan fingerprint density at radius 2 is 1.95 bits per heavy atom. The molecule has 2 unspecified atom stereocenters. The van der Waals surface area contributed by atoms with Gasteiger partial charge in [0.25, 0.3) is 0 Å². The van der Waals surface area contributed by atoms with Gasteiger partial charge in [0, 0.05) is 0 Å². The van der Waals surface area contributed by atoms with Gasteiger partial charge in [-0.1, -0.05) is 6.07 Å². The van der Waals surface area contributed by atoms with Gasteiger partial charge >= 0.3 is 0 Å². The summed E-state index contributed by atoms with van der Waals surface area (Å²) in [5, 5.41) is 10.5. The SMILES string of the molecule is Cc1ccc(F)cc1C1=C(O)[C@@H]2C3CCC(O3)[C@@H]2C1=O. The van der Waals surface area contributed by atoms with Gasteiger partial charge in [0.15, 0.2) is 5.78 Å². The van der Waals surface area contributed by atoms with Crippen molar-refractivity contribution < 1.29 is 19.0 Å². The first-order valence-electron chi connectivity index (χ1n) is 6.97. The Labute approximate surface area is 116 Å². The normalized spacial score (nSPS) is 35.0. The van der Waals surface area contributed by atoms with Gasteiger partial charge in [-0.15, -0.1) is 0 Å². The minimum Gasteiger partial charge on any atom is -0.511 e. The van der Waals surface area contributed by atoms with Crippen LogP contribution in [0.4, 0.5) is 4.39 Å². The number of carbonyl (C=O) groups is 1. The highest BCUT2D eigenvalue weighted by Gasteiger charge is 2.59. The van der Waals surface area contributed by atoms with Crippen molar-refractivity contribution in [2.75, 3.05) is 0 Å². The fraction of sp³-hybridized carbons (Fsp3) is 0.438. The second-order valence-corrected chi connectivity index (χ2v) is 5.93. The lowest BCUT2D eigenvalue weighted by Gasteiger charge is -2.19. The average molecular weight is 274 g/mol. The monoisotopic (exact) mass is 274 g/mol. The summed E-state index contributed by atoms with van der Waals surface area (Å²) in [6.07, 6.45) is 1.63. The Morgan fingerprint density at radius 3 is 2.65 bits per heavy atom. The fourth-order valence-electron chi connectivity index (χ4n) is 3.95. The second kappa shape index (κ2) is 3.92. The number of allylic oxidation sites excluding steroid dienone is 1. The Morgan fingerprint density at radius 1 is 1.25 bits per heavy atom. The van der Waals surface area contributed by atoms with E-state index in [2.05, 4.69) is 0 Å². The summed E-state index contributed by atoms with van der Waals surface area (Å²) in [6.45, 7) is 1.82. The highest BCUT2D eigenvalue weighted by molar-refractivity contribution is 6.25. The van der Waals surface area contributed by atoms with Crippen LogP contribution >= 0.6 is 0 Å². The molecule has 0 amide bonds. The van der Waals surface area contributed by atoms with E-state index >= 15 is 0 Å². The molecule has 104 valence electrons. The predicted octanol–water partition coefficient (Wildman–Crippen LogP) is 2.78. The van der Waals surface area contributed by atoms with Gasteiger partial charge in [-0.05, 0) is 43.0 Å². The zero-order chi connectivity index (χ0) is 14.0. The van der Waals surface area contributed by atoms with E-state index in [1.54, 1.807) is 6.07 Å². The molecule has 0 saturated carbocycles. The molecule has 0 spiro atoms. The minimum atomic E-state index is -0.394. The Balaban J connectivity index is 1.86. The van der Waals surface area contributed by atoms with Crippen LogP contribution in [0.2, 0.25) is 0 Å². The number of ether oxygens (including phenoxy) is 1. The molecule has 4 atom stereocenters. The van der Waals surface area contributed by atoms with Gasteiger partial charge in [-0.2, -0.15) is 0 Å². The molecule has 2 fully saturated rings. The van der Waals surface area contributed by atoms with Gasteiger partial charge in [0.2, 0.25) is 0 Å². The maximum atomic E-state index is 13.5. The average Bonchev–Trinajstić information content (AvgIpc) is 3.08. The molecule has 1 aliphatic carbocycles. The van der Waals surface area contributed by atoms with E-state index in [1.807, 2.05) is 6.92 Å². The van der Waals surface area contributed by atoms with E-state index in [1.165, 1.54) is 12.1 Å². The van der Waals surface area contributed by atoms with Gasteiger partial charge in [-0.25, -0.2) is 4.39 Å². The summed E-state index contributed by atoms with van der Waals surface area (Å²) in [7, 11) is 0. The summed E-state index contributed by atoms with van der Waals surface area (Å²) >= 11 is 0. The second-order valence-electron chi connectivity index (χ2n) is 5.93. The van der Waals surface area contributed by atoms with Crippen LogP contribution in [-0.2, 0) is 9.53 Å². The molecule has 2 bridgehead atoms. The van der Waals surface area contributed by atoms with Crippen molar-refractivity contribution >= 4 is 11.4 Å². The van der Waals surface area contributed by atoms with Crippen LogP contribution in [0.1, 0.15) is 24.0 Å². The quantitative estimate of drug-likeness (QED) is 0.856. The Hall–Kier alpha value is -1.68. The first-order chi connectivity index (χ1) is 9.58. The molecule has 1 aromatic rings. The van der Waals surface area contributed by atoms with Gasteiger partial charge in [0.1, 0.15) is 11.6 Å². The number of rotatable bonds is 1. The predicted molar refractivity (Wildman–Crippen MR) is 70.6 cm³/mol. The number of hydrogen-bond acceptors (Lipinski definition) is 3. The number of hydrogen-bond donors (Lipinski definition) is 1. The summed E-state index contributed by atoms with van der Waals surface area (Å²) in [5.41, 5.74) is 1.62. The van der Waals surface area contributed by atoms with E-state index < -0.39 is 5.82 Å². The smallest absolute Gasteiger partial charge is 0.173 e. The molecular formula is C16H15FO3. The zero-order valence-corrected chi connectivity index (χ0v) is 11.1. The molecule has 2 saturated heterocycles. The van der Waals surface area contributed by atoms with Crippen molar-refractivity contribution in [1.29, 1.82) is 0 Å². The number of benzene rings is 1. The zero-order valence-electron chi connectivity index (χ0n) is 11.1. The molecule has 4 heteroatoms. The lowest BCUT2D eigenvalue weighted by atomic mass is 9.80. The highest BCUT2D eigenvalue weighted by Crippen LogP contribution is 2.53. The molecule has 1 N–H and O–H groups in total. The number of carbonyl (C=O) groups excluding carboxylic acids is 1. The number of halogens is 1. The van der Waals surface area contributed by atoms with Crippen LogP contribution in [0.25, 0.3) is 5.57 Å². The molecule has 0 radical (unpaired) electrons. The summed E-state index contributed by atoms with van der Waals surface area (Å²) < 4.78 is 19.2. The van der Waals surface area contributed by atoms with Gasteiger partial charge in [-0.3, -0.25) is 4.79 Å². The Kier molecular flexibility index (Phi) is 2.37. The maximum Gasteiger partial charge on any atom is 0.173 e. The lowest BCUT2D eigenvalue weighted by molar-refractivity contribution is -0.118. The highest BCUT2D eigenvalue weighted by atomic mass is 19.1. The molecule has 3 aliphatic rings. The van der Waals surface area contributed by atoms with Crippen molar-refractivity contribution in [3.63, 3.8) is 0 Å². The third-order valence-electron chi connectivity index (χ3n) is 4.86. The number of aliphatic hydroxyl groups excluding tert-OH is 1. The first kappa shape index (κ1) is 12.1. The van der Waals surface area contributed by atoms with E-state index in [9.17, 15) is 14.3 Å². The van der Waals surface area contributed by atoms with Crippen molar-refractivity contribution in [2.24, 2.45) is 11.8 Å². The Bertz CT molecular complexity index is 649. The van der Waals surface area contributed by atoms with Gasteiger partial charge < -0.3 is 9.84 Å². The fourth-order valence-corrected chi connectivity index (χ4v) is 3.95. The number of ketones is 1.